The van der Waals surface area contributed by atoms with Gasteiger partial charge in [-0.2, -0.15) is 0 Å². The number of nitrogens with one attached hydrogen (secondary N) is 1. The van der Waals surface area contributed by atoms with Crippen molar-refractivity contribution in [3.63, 3.8) is 0 Å². The molecule has 8 nitrogen and oxygen atoms in total. The average Bonchev–Trinajstić information content (AvgIpc) is 3.32. The summed E-state index contributed by atoms with van der Waals surface area (Å²) in [6.45, 7) is 5.93. The van der Waals surface area contributed by atoms with E-state index in [0.29, 0.717) is 12.2 Å². The van der Waals surface area contributed by atoms with Crippen molar-refractivity contribution in [2.75, 3.05) is 0 Å². The molecule has 0 spiro atoms. The van der Waals surface area contributed by atoms with E-state index in [1.807, 2.05) is 69.3 Å². The predicted molar refractivity (Wildman–Crippen MR) is 129 cm³/mol. The standard InChI is InChI=1S/C24H29N5O3.Li.H/c1-4-5-10-21(30)29(22(16(2)3)24(31)32)15-17-11-13-18(14-12-17)19-8-6-7-9-20(19)23-25-27-28-26-23;;/h6-9,11-14,16,22H,4-5,10,15H2,1-3H3,(H,31,32)(H,25,26,27,28);;. The predicted octanol–water partition coefficient (Wildman–Crippen LogP) is 3.51. The summed E-state index contributed by atoms with van der Waals surface area (Å²) in [5.74, 6) is -0.713. The Kier molecular flexibility index (Phi) is 9.83. The molecule has 3 rings (SSSR count). The van der Waals surface area contributed by atoms with Crippen molar-refractivity contribution < 1.29 is 14.7 Å². The Hall–Kier alpha value is -2.95. The van der Waals surface area contributed by atoms with E-state index in [1.165, 1.54) is 4.90 Å². The minimum atomic E-state index is -0.976. The van der Waals surface area contributed by atoms with Crippen LogP contribution in [0.1, 0.15) is 45.6 Å². The van der Waals surface area contributed by atoms with Gasteiger partial charge >= 0.3 is 24.8 Å². The molecular weight excluding hydrogens is 413 g/mol. The van der Waals surface area contributed by atoms with E-state index in [1.54, 1.807) is 0 Å². The number of amides is 1. The van der Waals surface area contributed by atoms with Crippen molar-refractivity contribution in [1.82, 2.24) is 25.5 Å². The van der Waals surface area contributed by atoms with Crippen molar-refractivity contribution in [2.24, 2.45) is 5.92 Å². The molecule has 0 bridgehead atoms. The van der Waals surface area contributed by atoms with Crippen LogP contribution in [0.5, 0.6) is 0 Å². The van der Waals surface area contributed by atoms with Gasteiger partial charge in [-0.1, -0.05) is 75.7 Å². The van der Waals surface area contributed by atoms with Crippen LogP contribution in [-0.2, 0) is 16.1 Å². The van der Waals surface area contributed by atoms with Gasteiger partial charge in [0, 0.05) is 18.5 Å². The molecule has 1 amide bonds. The molecule has 0 aliphatic heterocycles. The van der Waals surface area contributed by atoms with Crippen LogP contribution in [0.2, 0.25) is 0 Å². The number of hydrogen-bond donors (Lipinski definition) is 2. The Morgan fingerprint density at radius 3 is 2.27 bits per heavy atom. The van der Waals surface area contributed by atoms with Crippen molar-refractivity contribution in [2.45, 2.75) is 52.6 Å². The van der Waals surface area contributed by atoms with E-state index in [2.05, 4.69) is 20.6 Å². The summed E-state index contributed by atoms with van der Waals surface area (Å²) in [5.41, 5.74) is 3.71. The Labute approximate surface area is 206 Å². The van der Waals surface area contributed by atoms with E-state index >= 15 is 0 Å². The Morgan fingerprint density at radius 1 is 1.06 bits per heavy atom. The van der Waals surface area contributed by atoms with Crippen molar-refractivity contribution in [3.8, 4) is 22.5 Å². The quantitative estimate of drug-likeness (QED) is 0.464. The summed E-state index contributed by atoms with van der Waals surface area (Å²) in [5, 5.41) is 23.9. The van der Waals surface area contributed by atoms with Crippen LogP contribution in [0.15, 0.2) is 48.5 Å². The third kappa shape index (κ3) is 6.53. The first kappa shape index (κ1) is 26.3. The number of aromatic amines is 1. The molecule has 2 N–H and O–H groups in total. The SMILES string of the molecule is CCCCC(=O)N(Cc1ccc(-c2ccccc2-c2nnn[nH]2)cc1)C(C(=O)O)C(C)C.[LiH]. The fraction of sp³-hybridized carbons (Fsp3) is 0.375. The number of nitrogens with zero attached hydrogens (tertiary/aromatic N) is 4. The van der Waals surface area contributed by atoms with Gasteiger partial charge in [-0.15, -0.1) is 5.10 Å². The number of carboxylic acids is 1. The van der Waals surface area contributed by atoms with Gasteiger partial charge in [-0.3, -0.25) is 4.79 Å². The molecule has 2 aromatic carbocycles. The zero-order valence-corrected chi connectivity index (χ0v) is 18.7. The third-order valence-electron chi connectivity index (χ3n) is 5.43. The van der Waals surface area contributed by atoms with Crippen molar-refractivity contribution >= 4 is 30.7 Å². The number of rotatable bonds is 10. The summed E-state index contributed by atoms with van der Waals surface area (Å²) in [7, 11) is 0. The van der Waals surface area contributed by atoms with E-state index in [0.717, 1.165) is 35.1 Å². The second-order valence-electron chi connectivity index (χ2n) is 8.14. The van der Waals surface area contributed by atoms with Gasteiger partial charge in [0.25, 0.3) is 0 Å². The second kappa shape index (κ2) is 12.3. The van der Waals surface area contributed by atoms with Gasteiger partial charge in [0.05, 0.1) is 0 Å². The van der Waals surface area contributed by atoms with Gasteiger partial charge in [0.2, 0.25) is 5.91 Å². The Bertz CT molecular complexity index is 1040. The number of carbonyl (C=O) groups is 2. The van der Waals surface area contributed by atoms with Crippen molar-refractivity contribution in [1.29, 1.82) is 0 Å². The van der Waals surface area contributed by atoms with Gasteiger partial charge in [0.15, 0.2) is 5.82 Å². The fourth-order valence-electron chi connectivity index (χ4n) is 3.79. The first-order chi connectivity index (χ1) is 15.4. The average molecular weight is 443 g/mol. The number of H-pyrrole nitrogens is 1. The number of benzene rings is 2. The molecule has 9 heteroatoms. The maximum absolute atomic E-state index is 12.9. The van der Waals surface area contributed by atoms with Crippen molar-refractivity contribution in [3.05, 3.63) is 54.1 Å². The molecule has 0 saturated carbocycles. The normalized spacial score (nSPS) is 11.6. The first-order valence-corrected chi connectivity index (χ1v) is 10.9. The number of carbonyl (C=O) groups excluding carboxylic acids is 1. The van der Waals surface area contributed by atoms with Crippen LogP contribution >= 0.6 is 0 Å². The van der Waals surface area contributed by atoms with Crippen LogP contribution in [0.3, 0.4) is 0 Å². The molecule has 0 aliphatic rings. The van der Waals surface area contributed by atoms with Crippen LogP contribution in [0, 0.1) is 5.92 Å². The van der Waals surface area contributed by atoms with Gasteiger partial charge in [-0.05, 0) is 39.5 Å². The summed E-state index contributed by atoms with van der Waals surface area (Å²) in [4.78, 5) is 26.3. The zero-order valence-electron chi connectivity index (χ0n) is 18.7. The number of hydrogen-bond acceptors (Lipinski definition) is 5. The Morgan fingerprint density at radius 2 is 1.73 bits per heavy atom. The van der Waals surface area contributed by atoms with Crippen LogP contribution in [-0.4, -0.2) is 67.4 Å². The molecular formula is C24H30LiN5O3. The molecule has 0 aliphatic carbocycles. The number of tetrazole rings is 1. The summed E-state index contributed by atoms with van der Waals surface area (Å²) in [6, 6.07) is 14.8. The van der Waals surface area contributed by atoms with E-state index < -0.39 is 12.0 Å². The number of unbranched alkanes of at least 4 members (excludes halogenated alkanes) is 1. The summed E-state index contributed by atoms with van der Waals surface area (Å²) in [6.07, 6.45) is 1.98. The molecule has 3 aromatic rings. The third-order valence-corrected chi connectivity index (χ3v) is 5.43. The molecule has 1 unspecified atom stereocenters. The number of aliphatic carboxylic acids is 1. The molecule has 1 atom stereocenters. The van der Waals surface area contributed by atoms with Gasteiger partial charge < -0.3 is 10.0 Å². The van der Waals surface area contributed by atoms with E-state index in [4.69, 9.17) is 0 Å². The number of aromatic nitrogens is 4. The van der Waals surface area contributed by atoms with E-state index in [9.17, 15) is 14.7 Å². The van der Waals surface area contributed by atoms with Crippen LogP contribution in [0.25, 0.3) is 22.5 Å². The fourth-order valence-corrected chi connectivity index (χ4v) is 3.79. The summed E-state index contributed by atoms with van der Waals surface area (Å²) >= 11 is 0. The molecule has 170 valence electrons. The number of carboxylic acid groups (broad SMARTS) is 1. The first-order valence-electron chi connectivity index (χ1n) is 10.9. The van der Waals surface area contributed by atoms with Crippen LogP contribution < -0.4 is 0 Å². The topological polar surface area (TPSA) is 112 Å². The minimum absolute atomic E-state index is 0. The molecule has 0 saturated heterocycles. The zero-order chi connectivity index (χ0) is 23.1. The molecule has 1 heterocycles. The molecule has 0 fully saturated rings. The maximum atomic E-state index is 12.9. The molecule has 1 aromatic heterocycles. The summed E-state index contributed by atoms with van der Waals surface area (Å²) < 4.78 is 0. The van der Waals surface area contributed by atoms with Gasteiger partial charge in [0.1, 0.15) is 6.04 Å². The Balaban J connectivity index is 0.00000385. The van der Waals surface area contributed by atoms with Crippen LogP contribution in [0.4, 0.5) is 0 Å². The second-order valence-corrected chi connectivity index (χ2v) is 8.14. The molecule has 33 heavy (non-hydrogen) atoms. The van der Waals surface area contributed by atoms with Gasteiger partial charge in [-0.25, -0.2) is 9.89 Å². The van der Waals surface area contributed by atoms with E-state index in [-0.39, 0.29) is 37.2 Å². The molecule has 0 radical (unpaired) electrons. The monoisotopic (exact) mass is 443 g/mol.